The van der Waals surface area contributed by atoms with Crippen LogP contribution >= 0.6 is 0 Å². The highest BCUT2D eigenvalue weighted by atomic mass is 16.6. The number of hydrogen-bond acceptors (Lipinski definition) is 3. The monoisotopic (exact) mass is 240 g/mol. The molecule has 1 unspecified atom stereocenters. The van der Waals surface area contributed by atoms with Crippen LogP contribution in [0.5, 0.6) is 0 Å². The first-order valence-electron chi connectivity index (χ1n) is 6.60. The highest BCUT2D eigenvalue weighted by Gasteiger charge is 2.43. The summed E-state index contributed by atoms with van der Waals surface area (Å²) in [6.07, 6.45) is 4.85. The largest absolute Gasteiger partial charge is 0.444 e. The van der Waals surface area contributed by atoms with E-state index in [9.17, 15) is 4.79 Å². The highest BCUT2D eigenvalue weighted by Crippen LogP contribution is 2.40. The van der Waals surface area contributed by atoms with Crippen molar-refractivity contribution in [3.8, 4) is 0 Å². The van der Waals surface area contributed by atoms with Crippen molar-refractivity contribution in [2.75, 3.05) is 13.1 Å². The number of carbonyl (C=O) groups excluding carboxylic acids is 1. The van der Waals surface area contributed by atoms with Gasteiger partial charge in [-0.15, -0.1) is 0 Å². The Bertz CT molecular complexity index is 292. The molecular formula is C13H24N2O2. The third-order valence-corrected chi connectivity index (χ3v) is 3.69. The molecule has 0 bridgehead atoms. The van der Waals surface area contributed by atoms with E-state index in [1.54, 1.807) is 0 Å². The van der Waals surface area contributed by atoms with Crippen molar-refractivity contribution in [3.63, 3.8) is 0 Å². The maximum Gasteiger partial charge on any atom is 0.407 e. The SMILES string of the molecule is CC(C)(C)OC(=O)NCC1CNC2(CCC2)C1. The molecule has 2 N–H and O–H groups in total. The Morgan fingerprint density at radius 3 is 2.65 bits per heavy atom. The minimum absolute atomic E-state index is 0.299. The minimum atomic E-state index is -0.410. The number of amides is 1. The number of carbonyl (C=O) groups is 1. The van der Waals surface area contributed by atoms with Gasteiger partial charge in [0.25, 0.3) is 0 Å². The van der Waals surface area contributed by atoms with Crippen LogP contribution in [0, 0.1) is 5.92 Å². The highest BCUT2D eigenvalue weighted by molar-refractivity contribution is 5.67. The van der Waals surface area contributed by atoms with Crippen LogP contribution in [-0.4, -0.2) is 30.3 Å². The van der Waals surface area contributed by atoms with Gasteiger partial charge < -0.3 is 15.4 Å². The molecule has 0 radical (unpaired) electrons. The molecule has 0 aromatic rings. The Balaban J connectivity index is 1.67. The van der Waals surface area contributed by atoms with Gasteiger partial charge in [0.15, 0.2) is 0 Å². The van der Waals surface area contributed by atoms with Crippen molar-refractivity contribution in [2.45, 2.75) is 57.6 Å². The van der Waals surface area contributed by atoms with E-state index in [0.717, 1.165) is 13.1 Å². The first-order valence-corrected chi connectivity index (χ1v) is 6.60. The van der Waals surface area contributed by atoms with E-state index in [1.807, 2.05) is 20.8 Å². The average molecular weight is 240 g/mol. The maximum atomic E-state index is 11.5. The summed E-state index contributed by atoms with van der Waals surface area (Å²) in [5.41, 5.74) is 0.00742. The molecule has 0 aromatic heterocycles. The van der Waals surface area contributed by atoms with Crippen LogP contribution in [0.3, 0.4) is 0 Å². The molecule has 2 aliphatic rings. The van der Waals surface area contributed by atoms with E-state index >= 15 is 0 Å². The summed E-state index contributed by atoms with van der Waals surface area (Å²) >= 11 is 0. The lowest BCUT2D eigenvalue weighted by molar-refractivity contribution is 0.0519. The van der Waals surface area contributed by atoms with Gasteiger partial charge in [-0.1, -0.05) is 0 Å². The van der Waals surface area contributed by atoms with Crippen LogP contribution in [-0.2, 0) is 4.74 Å². The predicted octanol–water partition coefficient (Wildman–Crippen LogP) is 2.04. The molecule has 2 fully saturated rings. The molecular weight excluding hydrogens is 216 g/mol. The number of hydrogen-bond donors (Lipinski definition) is 2. The Hall–Kier alpha value is -0.770. The lowest BCUT2D eigenvalue weighted by Crippen LogP contribution is -2.45. The maximum absolute atomic E-state index is 11.5. The van der Waals surface area contributed by atoms with Crippen molar-refractivity contribution in [3.05, 3.63) is 0 Å². The van der Waals surface area contributed by atoms with Gasteiger partial charge in [0.1, 0.15) is 5.60 Å². The molecule has 0 aromatic carbocycles. The fourth-order valence-electron chi connectivity index (χ4n) is 2.73. The summed E-state index contributed by atoms with van der Waals surface area (Å²) < 4.78 is 5.22. The standard InChI is InChI=1S/C13H24N2O2/c1-12(2,3)17-11(16)14-8-10-7-13(15-9-10)5-4-6-13/h10,15H,4-9H2,1-3H3,(H,14,16). The van der Waals surface area contributed by atoms with Crippen LogP contribution in [0.25, 0.3) is 0 Å². The van der Waals surface area contributed by atoms with E-state index in [4.69, 9.17) is 4.74 Å². The molecule has 1 saturated heterocycles. The molecule has 4 nitrogen and oxygen atoms in total. The van der Waals surface area contributed by atoms with Crippen molar-refractivity contribution in [2.24, 2.45) is 5.92 Å². The van der Waals surface area contributed by atoms with Crippen molar-refractivity contribution in [1.29, 1.82) is 0 Å². The zero-order chi connectivity index (χ0) is 12.5. The Kier molecular flexibility index (Phi) is 3.34. The zero-order valence-electron chi connectivity index (χ0n) is 11.1. The first kappa shape index (κ1) is 12.7. The number of ether oxygens (including phenoxy) is 1. The van der Waals surface area contributed by atoms with Gasteiger partial charge in [-0.2, -0.15) is 0 Å². The number of rotatable bonds is 2. The van der Waals surface area contributed by atoms with E-state index < -0.39 is 5.60 Å². The fraction of sp³-hybridized carbons (Fsp3) is 0.923. The lowest BCUT2D eigenvalue weighted by atomic mass is 9.74. The van der Waals surface area contributed by atoms with E-state index in [-0.39, 0.29) is 6.09 Å². The van der Waals surface area contributed by atoms with E-state index in [1.165, 1.54) is 25.7 Å². The van der Waals surface area contributed by atoms with Crippen molar-refractivity contribution < 1.29 is 9.53 Å². The molecule has 17 heavy (non-hydrogen) atoms. The summed E-state index contributed by atoms with van der Waals surface area (Å²) in [5, 5.41) is 6.47. The fourth-order valence-corrected chi connectivity index (χ4v) is 2.73. The number of alkyl carbamates (subject to hydrolysis) is 1. The molecule has 2 rings (SSSR count). The third-order valence-electron chi connectivity index (χ3n) is 3.69. The van der Waals surface area contributed by atoms with Crippen molar-refractivity contribution >= 4 is 6.09 Å². The third kappa shape index (κ3) is 3.35. The Labute approximate surface area is 103 Å². The summed E-state index contributed by atoms with van der Waals surface area (Å²) in [4.78, 5) is 11.5. The molecule has 1 atom stereocenters. The lowest BCUT2D eigenvalue weighted by Gasteiger charge is -2.38. The van der Waals surface area contributed by atoms with Crippen LogP contribution in [0.15, 0.2) is 0 Å². The van der Waals surface area contributed by atoms with Crippen LogP contribution < -0.4 is 10.6 Å². The summed E-state index contributed by atoms with van der Waals surface area (Å²) in [7, 11) is 0. The van der Waals surface area contributed by atoms with Gasteiger partial charge in [-0.25, -0.2) is 4.79 Å². The Morgan fingerprint density at radius 1 is 1.47 bits per heavy atom. The van der Waals surface area contributed by atoms with Gasteiger partial charge in [-0.05, 0) is 52.4 Å². The smallest absolute Gasteiger partial charge is 0.407 e. The summed E-state index contributed by atoms with van der Waals surface area (Å²) in [6, 6.07) is 0. The average Bonchev–Trinajstić information content (AvgIpc) is 2.55. The molecule has 4 heteroatoms. The topological polar surface area (TPSA) is 50.4 Å². The Morgan fingerprint density at radius 2 is 2.18 bits per heavy atom. The van der Waals surface area contributed by atoms with Gasteiger partial charge in [0.05, 0.1) is 0 Å². The molecule has 98 valence electrons. The van der Waals surface area contributed by atoms with E-state index in [2.05, 4.69) is 10.6 Å². The molecule has 1 heterocycles. The van der Waals surface area contributed by atoms with Gasteiger partial charge in [0.2, 0.25) is 0 Å². The predicted molar refractivity (Wildman–Crippen MR) is 66.9 cm³/mol. The van der Waals surface area contributed by atoms with Gasteiger partial charge in [-0.3, -0.25) is 0 Å². The second-order valence-electron chi connectivity index (χ2n) is 6.47. The number of nitrogens with one attached hydrogen (secondary N) is 2. The second kappa shape index (κ2) is 4.48. The quantitative estimate of drug-likeness (QED) is 0.776. The van der Waals surface area contributed by atoms with Crippen LogP contribution in [0.1, 0.15) is 46.5 Å². The normalized spacial score (nSPS) is 26.6. The van der Waals surface area contributed by atoms with Gasteiger partial charge >= 0.3 is 6.09 Å². The molecule has 1 saturated carbocycles. The summed E-state index contributed by atoms with van der Waals surface area (Å²) in [6.45, 7) is 7.40. The zero-order valence-corrected chi connectivity index (χ0v) is 11.1. The van der Waals surface area contributed by atoms with Crippen molar-refractivity contribution in [1.82, 2.24) is 10.6 Å². The first-order chi connectivity index (χ1) is 7.89. The van der Waals surface area contributed by atoms with E-state index in [0.29, 0.717) is 11.5 Å². The van der Waals surface area contributed by atoms with Gasteiger partial charge in [0, 0.05) is 18.6 Å². The van der Waals surface area contributed by atoms with Crippen LogP contribution in [0.2, 0.25) is 0 Å². The summed E-state index contributed by atoms with van der Waals surface area (Å²) in [5.74, 6) is 0.558. The molecule has 1 aliphatic carbocycles. The molecule has 1 amide bonds. The van der Waals surface area contributed by atoms with Crippen LogP contribution in [0.4, 0.5) is 4.79 Å². The molecule has 1 aliphatic heterocycles. The minimum Gasteiger partial charge on any atom is -0.444 e. The second-order valence-corrected chi connectivity index (χ2v) is 6.47. The molecule has 1 spiro atoms.